The molecule has 0 unspecified atom stereocenters. The molecule has 1 rings (SSSR count). The fourth-order valence-electron chi connectivity index (χ4n) is 1.52. The summed E-state index contributed by atoms with van der Waals surface area (Å²) in [5.41, 5.74) is 0. The molecule has 0 fully saturated rings. The van der Waals surface area contributed by atoms with Crippen molar-refractivity contribution in [3.05, 3.63) is 24.3 Å². The lowest BCUT2D eigenvalue weighted by atomic mass is 10.2. The fourth-order valence-corrected chi connectivity index (χ4v) is 1.52. The Morgan fingerprint density at radius 1 is 1.22 bits per heavy atom. The molecule has 0 spiro atoms. The number of ether oxygens (including phenoxy) is 2. The quantitative estimate of drug-likeness (QED) is 0.844. The van der Waals surface area contributed by atoms with Crippen molar-refractivity contribution in [1.82, 2.24) is 5.32 Å². The lowest BCUT2D eigenvalue weighted by Gasteiger charge is -2.18. The summed E-state index contributed by atoms with van der Waals surface area (Å²) >= 11 is 0. The molecule has 4 heteroatoms. The molecule has 0 saturated heterocycles. The van der Waals surface area contributed by atoms with E-state index in [-0.39, 0.29) is 11.9 Å². The monoisotopic (exact) mass is 251 g/mol. The van der Waals surface area contributed by atoms with E-state index in [9.17, 15) is 4.79 Å². The Morgan fingerprint density at radius 3 is 2.22 bits per heavy atom. The molecule has 0 aliphatic rings. The summed E-state index contributed by atoms with van der Waals surface area (Å²) < 4.78 is 10.7. The minimum absolute atomic E-state index is 0.0803. The molecule has 1 aromatic carbocycles. The number of hydrogen-bond acceptors (Lipinski definition) is 3. The van der Waals surface area contributed by atoms with Crippen molar-refractivity contribution >= 4 is 5.91 Å². The first kappa shape index (κ1) is 14.4. The average Bonchev–Trinajstić information content (AvgIpc) is 2.35. The maximum atomic E-state index is 11.9. The molecule has 0 radical (unpaired) electrons. The number of amides is 1. The van der Waals surface area contributed by atoms with E-state index in [1.807, 2.05) is 32.9 Å². The zero-order chi connectivity index (χ0) is 13.5. The Bertz CT molecular complexity index is 373. The van der Waals surface area contributed by atoms with Crippen LogP contribution in [0, 0.1) is 0 Å². The first-order valence-electron chi connectivity index (χ1n) is 6.18. The van der Waals surface area contributed by atoms with Crippen molar-refractivity contribution in [2.45, 2.75) is 39.3 Å². The summed E-state index contributed by atoms with van der Waals surface area (Å²) in [5, 5.41) is 2.85. The summed E-state index contributed by atoms with van der Waals surface area (Å²) in [7, 11) is 1.61. The molecule has 0 bridgehead atoms. The normalized spacial score (nSPS) is 12.1. The highest BCUT2D eigenvalue weighted by Gasteiger charge is 2.18. The number of carbonyl (C=O) groups is 1. The Morgan fingerprint density at radius 2 is 1.78 bits per heavy atom. The van der Waals surface area contributed by atoms with E-state index in [1.165, 1.54) is 0 Å². The van der Waals surface area contributed by atoms with Gasteiger partial charge < -0.3 is 14.8 Å². The molecular weight excluding hydrogens is 230 g/mol. The highest BCUT2D eigenvalue weighted by Crippen LogP contribution is 2.18. The van der Waals surface area contributed by atoms with Crippen LogP contribution in [0.25, 0.3) is 0 Å². The van der Waals surface area contributed by atoms with Crippen LogP contribution in [0.3, 0.4) is 0 Å². The molecule has 1 N–H and O–H groups in total. The second-order valence-corrected chi connectivity index (χ2v) is 4.35. The molecule has 18 heavy (non-hydrogen) atoms. The Kier molecular flexibility index (Phi) is 5.49. The lowest BCUT2D eigenvalue weighted by Crippen LogP contribution is -2.41. The first-order chi connectivity index (χ1) is 8.56. The van der Waals surface area contributed by atoms with Crippen molar-refractivity contribution in [2.24, 2.45) is 0 Å². The smallest absolute Gasteiger partial charge is 0.261 e. The summed E-state index contributed by atoms with van der Waals surface area (Å²) in [6, 6.07) is 7.32. The number of rotatable bonds is 6. The van der Waals surface area contributed by atoms with Crippen LogP contribution in [0.1, 0.15) is 27.2 Å². The van der Waals surface area contributed by atoms with Gasteiger partial charge in [-0.25, -0.2) is 0 Å². The van der Waals surface area contributed by atoms with Crippen LogP contribution in [0.4, 0.5) is 0 Å². The number of hydrogen-bond donors (Lipinski definition) is 1. The lowest BCUT2D eigenvalue weighted by molar-refractivity contribution is -0.128. The largest absolute Gasteiger partial charge is 0.497 e. The standard InChI is InChI=1S/C14H21NO3/c1-5-13(14(16)15-10(2)3)18-12-8-6-11(17-4)7-9-12/h6-10,13H,5H2,1-4H3,(H,15,16)/t13-/m1/s1. The van der Waals surface area contributed by atoms with Gasteiger partial charge in [0.2, 0.25) is 0 Å². The van der Waals surface area contributed by atoms with Crippen LogP contribution >= 0.6 is 0 Å². The van der Waals surface area contributed by atoms with E-state index >= 15 is 0 Å². The maximum absolute atomic E-state index is 11.9. The van der Waals surface area contributed by atoms with Crippen LogP contribution in [0.15, 0.2) is 24.3 Å². The summed E-state index contributed by atoms with van der Waals surface area (Å²) in [6.07, 6.45) is 0.172. The van der Waals surface area contributed by atoms with E-state index in [0.717, 1.165) is 5.75 Å². The molecule has 1 aromatic rings. The van der Waals surface area contributed by atoms with E-state index in [2.05, 4.69) is 5.32 Å². The molecule has 0 saturated carbocycles. The fraction of sp³-hybridized carbons (Fsp3) is 0.500. The van der Waals surface area contributed by atoms with Gasteiger partial charge in [-0.2, -0.15) is 0 Å². The highest BCUT2D eigenvalue weighted by molar-refractivity contribution is 5.81. The zero-order valence-electron chi connectivity index (χ0n) is 11.4. The SMILES string of the molecule is CC[C@@H](Oc1ccc(OC)cc1)C(=O)NC(C)C. The van der Waals surface area contributed by atoms with Gasteiger partial charge in [0.1, 0.15) is 11.5 Å². The molecule has 1 atom stereocenters. The predicted octanol–water partition coefficient (Wildman–Crippen LogP) is 2.38. The molecular formula is C14H21NO3. The summed E-state index contributed by atoms with van der Waals surface area (Å²) in [6.45, 7) is 5.78. The summed E-state index contributed by atoms with van der Waals surface area (Å²) in [4.78, 5) is 11.9. The van der Waals surface area contributed by atoms with Gasteiger partial charge in [0.05, 0.1) is 7.11 Å². The minimum atomic E-state index is -0.458. The third-order valence-electron chi connectivity index (χ3n) is 2.43. The average molecular weight is 251 g/mol. The van der Waals surface area contributed by atoms with E-state index in [0.29, 0.717) is 12.2 Å². The van der Waals surface area contributed by atoms with Gasteiger partial charge >= 0.3 is 0 Å². The van der Waals surface area contributed by atoms with E-state index < -0.39 is 6.10 Å². The van der Waals surface area contributed by atoms with Crippen LogP contribution in [-0.2, 0) is 4.79 Å². The number of carbonyl (C=O) groups excluding carboxylic acids is 1. The number of nitrogens with one attached hydrogen (secondary N) is 1. The summed E-state index contributed by atoms with van der Waals surface area (Å²) in [5.74, 6) is 1.35. The second-order valence-electron chi connectivity index (χ2n) is 4.35. The predicted molar refractivity (Wildman–Crippen MR) is 71.0 cm³/mol. The van der Waals surface area contributed by atoms with Crippen molar-refractivity contribution in [1.29, 1.82) is 0 Å². The van der Waals surface area contributed by atoms with Crippen molar-refractivity contribution < 1.29 is 14.3 Å². The van der Waals surface area contributed by atoms with E-state index in [4.69, 9.17) is 9.47 Å². The first-order valence-corrected chi connectivity index (χ1v) is 6.18. The zero-order valence-corrected chi connectivity index (χ0v) is 11.4. The second kappa shape index (κ2) is 6.89. The van der Waals surface area contributed by atoms with Crippen molar-refractivity contribution in [3.8, 4) is 11.5 Å². The van der Waals surface area contributed by atoms with Crippen LogP contribution in [0.5, 0.6) is 11.5 Å². The van der Waals surface area contributed by atoms with Gasteiger partial charge in [-0.05, 0) is 44.5 Å². The van der Waals surface area contributed by atoms with Gasteiger partial charge in [-0.15, -0.1) is 0 Å². The van der Waals surface area contributed by atoms with Gasteiger partial charge in [-0.3, -0.25) is 4.79 Å². The molecule has 1 amide bonds. The van der Waals surface area contributed by atoms with E-state index in [1.54, 1.807) is 19.2 Å². The maximum Gasteiger partial charge on any atom is 0.261 e. The Balaban J connectivity index is 2.64. The van der Waals surface area contributed by atoms with Crippen molar-refractivity contribution in [3.63, 3.8) is 0 Å². The van der Waals surface area contributed by atoms with Gasteiger partial charge in [-0.1, -0.05) is 6.92 Å². The third-order valence-corrected chi connectivity index (χ3v) is 2.43. The van der Waals surface area contributed by atoms with Crippen LogP contribution < -0.4 is 14.8 Å². The molecule has 0 aliphatic heterocycles. The van der Waals surface area contributed by atoms with Crippen molar-refractivity contribution in [2.75, 3.05) is 7.11 Å². The number of methoxy groups -OCH3 is 1. The topological polar surface area (TPSA) is 47.6 Å². The Labute approximate surface area is 108 Å². The molecule has 0 heterocycles. The van der Waals surface area contributed by atoms with Crippen LogP contribution in [0.2, 0.25) is 0 Å². The molecule has 0 aliphatic carbocycles. The molecule has 100 valence electrons. The molecule has 0 aromatic heterocycles. The van der Waals surface area contributed by atoms with Gasteiger partial charge in [0, 0.05) is 6.04 Å². The van der Waals surface area contributed by atoms with Gasteiger partial charge in [0.15, 0.2) is 6.10 Å². The van der Waals surface area contributed by atoms with Gasteiger partial charge in [0.25, 0.3) is 5.91 Å². The Hall–Kier alpha value is -1.71. The third kappa shape index (κ3) is 4.28. The highest BCUT2D eigenvalue weighted by atomic mass is 16.5. The number of benzene rings is 1. The molecule has 4 nitrogen and oxygen atoms in total. The van der Waals surface area contributed by atoms with Crippen LogP contribution in [-0.4, -0.2) is 25.2 Å². The minimum Gasteiger partial charge on any atom is -0.497 e.